The fourth-order valence-corrected chi connectivity index (χ4v) is 2.20. The predicted molar refractivity (Wildman–Crippen MR) is 55.1 cm³/mol. The Morgan fingerprint density at radius 3 is 2.50 bits per heavy atom. The first-order valence-electron chi connectivity index (χ1n) is 5.35. The lowest BCUT2D eigenvalue weighted by Gasteiger charge is -2.31. The third-order valence-electron chi connectivity index (χ3n) is 3.41. The SMILES string of the molecule is C/C=C/CC1CC[C@@H](C)[C@@H](C)C1. The molecule has 12 heavy (non-hydrogen) atoms. The number of rotatable bonds is 2. The van der Waals surface area contributed by atoms with Crippen LogP contribution in [-0.2, 0) is 0 Å². The molecule has 0 bridgehead atoms. The molecule has 1 saturated carbocycles. The average Bonchev–Trinajstić information content (AvgIpc) is 2.07. The molecule has 1 aliphatic rings. The van der Waals surface area contributed by atoms with Crippen LogP contribution in [0.3, 0.4) is 0 Å². The van der Waals surface area contributed by atoms with Crippen LogP contribution in [0.15, 0.2) is 12.2 Å². The van der Waals surface area contributed by atoms with E-state index >= 15 is 0 Å². The maximum absolute atomic E-state index is 2.41. The first kappa shape index (κ1) is 9.83. The van der Waals surface area contributed by atoms with E-state index in [-0.39, 0.29) is 0 Å². The molecule has 1 aliphatic carbocycles. The Hall–Kier alpha value is -0.260. The lowest BCUT2D eigenvalue weighted by atomic mass is 9.75. The van der Waals surface area contributed by atoms with Crippen LogP contribution in [0, 0.1) is 17.8 Å². The van der Waals surface area contributed by atoms with Crippen molar-refractivity contribution in [2.24, 2.45) is 17.8 Å². The Labute approximate surface area is 77.1 Å². The van der Waals surface area contributed by atoms with Gasteiger partial charge in [-0.2, -0.15) is 0 Å². The van der Waals surface area contributed by atoms with Gasteiger partial charge in [-0.15, -0.1) is 0 Å². The first-order valence-corrected chi connectivity index (χ1v) is 5.35. The van der Waals surface area contributed by atoms with Crippen molar-refractivity contribution in [3.05, 3.63) is 12.2 Å². The van der Waals surface area contributed by atoms with Crippen molar-refractivity contribution in [1.82, 2.24) is 0 Å². The van der Waals surface area contributed by atoms with Crippen LogP contribution in [0.1, 0.15) is 46.5 Å². The van der Waals surface area contributed by atoms with Gasteiger partial charge in [0.2, 0.25) is 0 Å². The zero-order chi connectivity index (χ0) is 8.97. The second-order valence-electron chi connectivity index (χ2n) is 4.44. The van der Waals surface area contributed by atoms with Gasteiger partial charge < -0.3 is 0 Å². The number of allylic oxidation sites excluding steroid dienone is 2. The van der Waals surface area contributed by atoms with Gasteiger partial charge in [-0.05, 0) is 43.9 Å². The monoisotopic (exact) mass is 166 g/mol. The summed E-state index contributed by atoms with van der Waals surface area (Å²) in [4.78, 5) is 0. The molecule has 0 heteroatoms. The van der Waals surface area contributed by atoms with E-state index in [1.165, 1.54) is 25.7 Å². The molecular weight excluding hydrogens is 144 g/mol. The molecule has 0 radical (unpaired) electrons. The van der Waals surface area contributed by atoms with Crippen molar-refractivity contribution in [2.45, 2.75) is 46.5 Å². The second kappa shape index (κ2) is 4.69. The highest BCUT2D eigenvalue weighted by atomic mass is 14.3. The van der Waals surface area contributed by atoms with E-state index in [4.69, 9.17) is 0 Å². The largest absolute Gasteiger partial charge is 0.0917 e. The molecule has 1 unspecified atom stereocenters. The summed E-state index contributed by atoms with van der Waals surface area (Å²) >= 11 is 0. The minimum absolute atomic E-state index is 0.953. The van der Waals surface area contributed by atoms with Crippen LogP contribution >= 0.6 is 0 Å². The maximum Gasteiger partial charge on any atom is -0.0322 e. The van der Waals surface area contributed by atoms with Crippen molar-refractivity contribution in [3.8, 4) is 0 Å². The first-order chi connectivity index (χ1) is 5.74. The van der Waals surface area contributed by atoms with Crippen molar-refractivity contribution in [1.29, 1.82) is 0 Å². The maximum atomic E-state index is 2.41. The summed E-state index contributed by atoms with van der Waals surface area (Å²) in [5.41, 5.74) is 0. The van der Waals surface area contributed by atoms with Crippen LogP contribution in [0.5, 0.6) is 0 Å². The van der Waals surface area contributed by atoms with Crippen LogP contribution in [0.4, 0.5) is 0 Å². The van der Waals surface area contributed by atoms with Gasteiger partial charge in [-0.25, -0.2) is 0 Å². The molecule has 1 fully saturated rings. The lowest BCUT2D eigenvalue weighted by molar-refractivity contribution is 0.209. The zero-order valence-corrected chi connectivity index (χ0v) is 8.72. The van der Waals surface area contributed by atoms with E-state index in [1.54, 1.807) is 0 Å². The molecule has 0 aromatic carbocycles. The molecule has 0 heterocycles. The third kappa shape index (κ3) is 2.66. The Morgan fingerprint density at radius 2 is 1.92 bits per heavy atom. The topological polar surface area (TPSA) is 0 Å². The predicted octanol–water partition coefficient (Wildman–Crippen LogP) is 4.02. The number of hydrogen-bond acceptors (Lipinski definition) is 0. The molecular formula is C12H22. The van der Waals surface area contributed by atoms with Gasteiger partial charge >= 0.3 is 0 Å². The Bertz CT molecular complexity index is 146. The van der Waals surface area contributed by atoms with Crippen LogP contribution in [0.25, 0.3) is 0 Å². The van der Waals surface area contributed by atoms with Gasteiger partial charge in [0.25, 0.3) is 0 Å². The lowest BCUT2D eigenvalue weighted by Crippen LogP contribution is -2.20. The minimum atomic E-state index is 0.953. The standard InChI is InChI=1S/C12H22/c1-4-5-6-12-8-7-10(2)11(3)9-12/h4-5,10-12H,6-9H2,1-3H3/b5-4+/t10-,11+,12?/m1/s1. The van der Waals surface area contributed by atoms with Gasteiger partial charge in [0.1, 0.15) is 0 Å². The van der Waals surface area contributed by atoms with Gasteiger partial charge in [0, 0.05) is 0 Å². The molecule has 0 amide bonds. The molecule has 0 saturated heterocycles. The molecule has 0 nitrogen and oxygen atoms in total. The summed E-state index contributed by atoms with van der Waals surface area (Å²) in [7, 11) is 0. The fraction of sp³-hybridized carbons (Fsp3) is 0.833. The van der Waals surface area contributed by atoms with Crippen LogP contribution in [0.2, 0.25) is 0 Å². The minimum Gasteiger partial charge on any atom is -0.0917 e. The third-order valence-corrected chi connectivity index (χ3v) is 3.41. The van der Waals surface area contributed by atoms with Crippen LogP contribution in [-0.4, -0.2) is 0 Å². The fourth-order valence-electron chi connectivity index (χ4n) is 2.20. The van der Waals surface area contributed by atoms with Crippen molar-refractivity contribution < 1.29 is 0 Å². The summed E-state index contributed by atoms with van der Waals surface area (Å²) in [5, 5.41) is 0. The van der Waals surface area contributed by atoms with E-state index in [1.807, 2.05) is 0 Å². The molecule has 3 atom stereocenters. The smallest absolute Gasteiger partial charge is 0.0322 e. The molecule has 70 valence electrons. The zero-order valence-electron chi connectivity index (χ0n) is 8.72. The van der Waals surface area contributed by atoms with Gasteiger partial charge in [0.15, 0.2) is 0 Å². The highest BCUT2D eigenvalue weighted by Gasteiger charge is 2.23. The quantitative estimate of drug-likeness (QED) is 0.543. The number of hydrogen-bond donors (Lipinski definition) is 0. The average molecular weight is 166 g/mol. The molecule has 0 spiro atoms. The summed E-state index contributed by atoms with van der Waals surface area (Å²) in [6.07, 6.45) is 10.2. The van der Waals surface area contributed by atoms with E-state index < -0.39 is 0 Å². The van der Waals surface area contributed by atoms with E-state index in [0.29, 0.717) is 0 Å². The summed E-state index contributed by atoms with van der Waals surface area (Å²) in [5.74, 6) is 2.90. The summed E-state index contributed by atoms with van der Waals surface area (Å²) < 4.78 is 0. The van der Waals surface area contributed by atoms with Crippen molar-refractivity contribution in [3.63, 3.8) is 0 Å². The Morgan fingerprint density at radius 1 is 1.17 bits per heavy atom. The molecule has 1 rings (SSSR count). The summed E-state index contributed by atoms with van der Waals surface area (Å²) in [6, 6.07) is 0. The summed E-state index contributed by atoms with van der Waals surface area (Å²) in [6.45, 7) is 6.93. The second-order valence-corrected chi connectivity index (χ2v) is 4.44. The highest BCUT2D eigenvalue weighted by molar-refractivity contribution is 4.84. The Balaban J connectivity index is 2.30. The van der Waals surface area contributed by atoms with Crippen molar-refractivity contribution in [2.75, 3.05) is 0 Å². The van der Waals surface area contributed by atoms with Crippen LogP contribution < -0.4 is 0 Å². The normalized spacial score (nSPS) is 37.4. The van der Waals surface area contributed by atoms with Gasteiger partial charge in [0.05, 0.1) is 0 Å². The van der Waals surface area contributed by atoms with E-state index in [9.17, 15) is 0 Å². The molecule has 0 aromatic rings. The van der Waals surface area contributed by atoms with Gasteiger partial charge in [-0.1, -0.05) is 32.4 Å². The molecule has 0 aliphatic heterocycles. The molecule has 0 N–H and O–H groups in total. The van der Waals surface area contributed by atoms with Gasteiger partial charge in [-0.3, -0.25) is 0 Å². The van der Waals surface area contributed by atoms with E-state index in [0.717, 1.165) is 17.8 Å². The van der Waals surface area contributed by atoms with E-state index in [2.05, 4.69) is 32.9 Å². The van der Waals surface area contributed by atoms with Crippen molar-refractivity contribution >= 4 is 0 Å². The highest BCUT2D eigenvalue weighted by Crippen LogP contribution is 2.34. The molecule has 0 aromatic heterocycles. The Kier molecular flexibility index (Phi) is 3.84.